The maximum absolute atomic E-state index is 13.2. The fourth-order valence-corrected chi connectivity index (χ4v) is 4.38. The van der Waals surface area contributed by atoms with Gasteiger partial charge in [-0.25, -0.2) is 8.42 Å². The third-order valence-corrected chi connectivity index (χ3v) is 6.42. The van der Waals surface area contributed by atoms with Gasteiger partial charge < -0.3 is 18.8 Å². The fourth-order valence-electron chi connectivity index (χ4n) is 4.17. The minimum atomic E-state index is -5.86. The van der Waals surface area contributed by atoms with E-state index in [9.17, 15) is 26.5 Å². The van der Waals surface area contributed by atoms with Gasteiger partial charge in [0.15, 0.2) is 16.7 Å². The minimum absolute atomic E-state index is 0.0111. The molecule has 3 fully saturated rings. The average Bonchev–Trinajstić information content (AvgIpc) is 3.40. The van der Waals surface area contributed by atoms with Crippen molar-refractivity contribution in [3.8, 4) is 0 Å². The second-order valence-corrected chi connectivity index (χ2v) is 8.83. The van der Waals surface area contributed by atoms with E-state index in [0.29, 0.717) is 19.6 Å². The van der Waals surface area contributed by atoms with Crippen LogP contribution in [-0.2, 0) is 29.1 Å². The number of fused-ring (bicyclic) bond motifs is 1. The lowest BCUT2D eigenvalue weighted by molar-refractivity contribution is -0.162. The zero-order valence-corrected chi connectivity index (χ0v) is 15.1. The van der Waals surface area contributed by atoms with Gasteiger partial charge in [0, 0.05) is 0 Å². The number of rotatable bonds is 7. The van der Waals surface area contributed by atoms with Gasteiger partial charge in [0.1, 0.15) is 6.10 Å². The van der Waals surface area contributed by atoms with Crippen LogP contribution in [0.25, 0.3) is 0 Å². The lowest BCUT2D eigenvalue weighted by Crippen LogP contribution is -2.44. The summed E-state index contributed by atoms with van der Waals surface area (Å²) in [5, 5.41) is -4.61. The molecule has 0 amide bonds. The standard InChI is InChI=1S/C16H24F2O7S/c17-16(18,26(20,21)22)9-25-15(19)13-5-1-4-12-11(13)3-2-6-14(12)24-8-10-7-23-10/h10-14H,1-9H2,(H,20,21,22)/p-1. The van der Waals surface area contributed by atoms with Crippen molar-refractivity contribution in [1.82, 2.24) is 0 Å². The molecule has 2 aliphatic carbocycles. The van der Waals surface area contributed by atoms with E-state index in [0.717, 1.165) is 32.1 Å². The molecule has 0 aromatic rings. The third kappa shape index (κ3) is 4.52. The Hall–Kier alpha value is -0.840. The topological polar surface area (TPSA) is 105 Å². The first-order chi connectivity index (χ1) is 12.2. The molecule has 5 unspecified atom stereocenters. The van der Waals surface area contributed by atoms with Crippen LogP contribution in [0.15, 0.2) is 0 Å². The number of hydrogen-bond donors (Lipinski definition) is 0. The van der Waals surface area contributed by atoms with Crippen LogP contribution in [0.1, 0.15) is 38.5 Å². The summed E-state index contributed by atoms with van der Waals surface area (Å²) in [5.41, 5.74) is 0. The molecular weight excluding hydrogens is 374 g/mol. The monoisotopic (exact) mass is 397 g/mol. The Balaban J connectivity index is 1.59. The summed E-state index contributed by atoms with van der Waals surface area (Å²) in [6.07, 6.45) is 4.85. The molecule has 0 aromatic heterocycles. The quantitative estimate of drug-likeness (QED) is 0.365. The molecule has 3 aliphatic rings. The summed E-state index contributed by atoms with van der Waals surface area (Å²) in [6.45, 7) is -0.506. The van der Waals surface area contributed by atoms with Crippen LogP contribution in [0.5, 0.6) is 0 Å². The predicted molar refractivity (Wildman–Crippen MR) is 83.3 cm³/mol. The summed E-state index contributed by atoms with van der Waals surface area (Å²) >= 11 is 0. The molecule has 0 N–H and O–H groups in total. The minimum Gasteiger partial charge on any atom is -0.743 e. The molecule has 0 aromatic carbocycles. The molecule has 150 valence electrons. The lowest BCUT2D eigenvalue weighted by Gasteiger charge is -2.44. The van der Waals surface area contributed by atoms with Gasteiger partial charge in [0.05, 0.1) is 25.2 Å². The van der Waals surface area contributed by atoms with Crippen molar-refractivity contribution in [3.05, 3.63) is 0 Å². The van der Waals surface area contributed by atoms with Crippen molar-refractivity contribution < 1.29 is 40.8 Å². The molecule has 1 heterocycles. The van der Waals surface area contributed by atoms with E-state index < -0.39 is 33.9 Å². The fraction of sp³-hybridized carbons (Fsp3) is 0.938. The summed E-state index contributed by atoms with van der Waals surface area (Å²) in [4.78, 5) is 12.3. The molecule has 2 saturated carbocycles. The van der Waals surface area contributed by atoms with Gasteiger partial charge in [-0.3, -0.25) is 4.79 Å². The van der Waals surface area contributed by atoms with Gasteiger partial charge in [-0.15, -0.1) is 0 Å². The van der Waals surface area contributed by atoms with Gasteiger partial charge in [-0.05, 0) is 37.5 Å². The Kier molecular flexibility index (Phi) is 5.86. The molecular formula is C16H23F2O7S-. The average molecular weight is 397 g/mol. The second kappa shape index (κ2) is 7.65. The molecule has 7 nitrogen and oxygen atoms in total. The highest BCUT2D eigenvalue weighted by molar-refractivity contribution is 7.86. The second-order valence-electron chi connectivity index (χ2n) is 7.32. The van der Waals surface area contributed by atoms with Crippen LogP contribution in [0.4, 0.5) is 8.78 Å². The maximum atomic E-state index is 13.2. The van der Waals surface area contributed by atoms with E-state index in [1.54, 1.807) is 0 Å². The first-order valence-electron chi connectivity index (χ1n) is 8.92. The summed E-state index contributed by atoms with van der Waals surface area (Å²) in [6, 6.07) is 0. The summed E-state index contributed by atoms with van der Waals surface area (Å²) in [7, 11) is -5.86. The zero-order valence-electron chi connectivity index (χ0n) is 14.3. The van der Waals surface area contributed by atoms with E-state index in [2.05, 4.69) is 4.74 Å². The molecule has 1 saturated heterocycles. The molecule has 10 heteroatoms. The van der Waals surface area contributed by atoms with Gasteiger partial charge in [-0.1, -0.05) is 12.8 Å². The van der Waals surface area contributed by atoms with Crippen LogP contribution in [-0.4, -0.2) is 56.2 Å². The van der Waals surface area contributed by atoms with Crippen molar-refractivity contribution >= 4 is 16.1 Å². The molecule has 0 bridgehead atoms. The van der Waals surface area contributed by atoms with Gasteiger partial charge in [-0.2, -0.15) is 8.78 Å². The van der Waals surface area contributed by atoms with Crippen molar-refractivity contribution in [2.45, 2.75) is 56.0 Å². The van der Waals surface area contributed by atoms with Crippen molar-refractivity contribution in [1.29, 1.82) is 0 Å². The number of ether oxygens (including phenoxy) is 3. The lowest BCUT2D eigenvalue weighted by atomic mass is 9.64. The number of carbonyl (C=O) groups excluding carboxylic acids is 1. The number of carbonyl (C=O) groups is 1. The van der Waals surface area contributed by atoms with E-state index in [-0.39, 0.29) is 24.0 Å². The molecule has 1 aliphatic heterocycles. The molecule has 26 heavy (non-hydrogen) atoms. The first-order valence-corrected chi connectivity index (χ1v) is 10.3. The summed E-state index contributed by atoms with van der Waals surface area (Å²) in [5.74, 6) is -1.30. The van der Waals surface area contributed by atoms with Crippen molar-refractivity contribution in [2.75, 3.05) is 19.8 Å². The van der Waals surface area contributed by atoms with Gasteiger partial charge in [0.2, 0.25) is 0 Å². The first kappa shape index (κ1) is 19.9. The van der Waals surface area contributed by atoms with E-state index in [4.69, 9.17) is 9.47 Å². The SMILES string of the molecule is O=C(OCC(F)(F)S(=O)(=O)[O-])C1CCCC2C(OCC3CO3)CCCC12. The Labute approximate surface area is 151 Å². The highest BCUT2D eigenvalue weighted by Crippen LogP contribution is 2.45. The van der Waals surface area contributed by atoms with Crippen LogP contribution in [0.2, 0.25) is 0 Å². The maximum Gasteiger partial charge on any atom is 0.367 e. The number of hydrogen-bond acceptors (Lipinski definition) is 7. The Morgan fingerprint density at radius 3 is 2.46 bits per heavy atom. The highest BCUT2D eigenvalue weighted by Gasteiger charge is 2.46. The van der Waals surface area contributed by atoms with E-state index in [1.165, 1.54) is 0 Å². The molecule has 0 radical (unpaired) electrons. The number of epoxide rings is 1. The van der Waals surface area contributed by atoms with Gasteiger partial charge in [0.25, 0.3) is 0 Å². The molecule has 5 atom stereocenters. The number of halogens is 2. The number of alkyl halides is 2. The van der Waals surface area contributed by atoms with E-state index >= 15 is 0 Å². The Bertz CT molecular complexity index is 620. The van der Waals surface area contributed by atoms with E-state index in [1.807, 2.05) is 0 Å². The highest BCUT2D eigenvalue weighted by atomic mass is 32.2. The van der Waals surface area contributed by atoms with Crippen LogP contribution >= 0.6 is 0 Å². The van der Waals surface area contributed by atoms with Crippen molar-refractivity contribution in [3.63, 3.8) is 0 Å². The van der Waals surface area contributed by atoms with Crippen LogP contribution < -0.4 is 0 Å². The zero-order chi connectivity index (χ0) is 18.9. The third-order valence-electron chi connectivity index (χ3n) is 5.57. The van der Waals surface area contributed by atoms with Crippen LogP contribution in [0, 0.1) is 17.8 Å². The predicted octanol–water partition coefficient (Wildman–Crippen LogP) is 1.67. The van der Waals surface area contributed by atoms with Gasteiger partial charge >= 0.3 is 11.2 Å². The normalized spacial score (nSPS) is 34.8. The largest absolute Gasteiger partial charge is 0.743 e. The van der Waals surface area contributed by atoms with Crippen LogP contribution in [0.3, 0.4) is 0 Å². The Morgan fingerprint density at radius 2 is 1.81 bits per heavy atom. The Morgan fingerprint density at radius 1 is 1.15 bits per heavy atom. The molecule has 3 rings (SSSR count). The molecule has 0 spiro atoms. The summed E-state index contributed by atoms with van der Waals surface area (Å²) < 4.78 is 73.6. The smallest absolute Gasteiger partial charge is 0.367 e. The number of esters is 1. The van der Waals surface area contributed by atoms with Crippen molar-refractivity contribution in [2.24, 2.45) is 17.8 Å².